The third-order valence-electron chi connectivity index (χ3n) is 3.15. The van der Waals surface area contributed by atoms with Crippen molar-refractivity contribution in [2.45, 2.75) is 31.7 Å². The van der Waals surface area contributed by atoms with E-state index in [4.69, 9.17) is 0 Å². The highest BCUT2D eigenvalue weighted by Gasteiger charge is 2.22. The number of rotatable bonds is 4. The van der Waals surface area contributed by atoms with E-state index in [0.717, 1.165) is 5.92 Å². The molecule has 2 rings (SSSR count). The molecule has 0 amide bonds. The molecule has 3 nitrogen and oxygen atoms in total. The Bertz CT molecular complexity index is 269. The zero-order chi connectivity index (χ0) is 9.80. The van der Waals surface area contributed by atoms with Crippen molar-refractivity contribution in [3.8, 4) is 0 Å². The van der Waals surface area contributed by atoms with Crippen molar-refractivity contribution in [2.24, 2.45) is 5.92 Å². The Kier molecular flexibility index (Phi) is 3.09. The maximum absolute atomic E-state index is 3.91. The van der Waals surface area contributed by atoms with Crippen LogP contribution in [0.2, 0.25) is 0 Å². The van der Waals surface area contributed by atoms with Crippen molar-refractivity contribution in [3.05, 3.63) is 24.0 Å². The molecule has 14 heavy (non-hydrogen) atoms. The van der Waals surface area contributed by atoms with Gasteiger partial charge in [-0.2, -0.15) is 10.2 Å². The third-order valence-corrected chi connectivity index (χ3v) is 3.15. The molecule has 0 bridgehead atoms. The molecule has 3 heteroatoms. The second kappa shape index (κ2) is 4.51. The van der Waals surface area contributed by atoms with Gasteiger partial charge in [-0.3, -0.25) is 0 Å². The predicted molar refractivity (Wildman–Crippen MR) is 55.8 cm³/mol. The van der Waals surface area contributed by atoms with Crippen LogP contribution in [0.4, 0.5) is 0 Å². The smallest absolute Gasteiger partial charge is 0.0544 e. The van der Waals surface area contributed by atoms with E-state index in [-0.39, 0.29) is 0 Å². The maximum atomic E-state index is 3.91. The molecule has 0 spiro atoms. The molecule has 1 aromatic heterocycles. The zero-order valence-corrected chi connectivity index (χ0v) is 8.61. The van der Waals surface area contributed by atoms with Crippen LogP contribution in [0, 0.1) is 5.92 Å². The standard InChI is InChI=1S/C11H17N3/c1-12-11(7-9-3-2-4-9)10-5-6-13-14-8-10/h5-6,8-9,11-12H,2-4,7H2,1H3. The van der Waals surface area contributed by atoms with Crippen LogP contribution in [0.3, 0.4) is 0 Å². The third kappa shape index (κ3) is 2.10. The van der Waals surface area contributed by atoms with Gasteiger partial charge in [0.1, 0.15) is 0 Å². The molecule has 1 aromatic rings. The molecular weight excluding hydrogens is 174 g/mol. The molecule has 1 N–H and O–H groups in total. The SMILES string of the molecule is CNC(CC1CCC1)c1ccnnc1. The lowest BCUT2D eigenvalue weighted by atomic mass is 9.80. The van der Waals surface area contributed by atoms with Gasteiger partial charge in [-0.05, 0) is 31.0 Å². The first-order valence-electron chi connectivity index (χ1n) is 5.34. The van der Waals surface area contributed by atoms with Gasteiger partial charge in [0.15, 0.2) is 0 Å². The average molecular weight is 191 g/mol. The largest absolute Gasteiger partial charge is 0.313 e. The molecule has 0 radical (unpaired) electrons. The first kappa shape index (κ1) is 9.59. The summed E-state index contributed by atoms with van der Waals surface area (Å²) in [6.45, 7) is 0. The summed E-state index contributed by atoms with van der Waals surface area (Å²) < 4.78 is 0. The van der Waals surface area contributed by atoms with Gasteiger partial charge in [0, 0.05) is 12.2 Å². The summed E-state index contributed by atoms with van der Waals surface area (Å²) in [7, 11) is 2.02. The van der Waals surface area contributed by atoms with E-state index in [9.17, 15) is 0 Å². The fourth-order valence-electron chi connectivity index (χ4n) is 1.99. The molecule has 1 atom stereocenters. The molecule has 1 fully saturated rings. The average Bonchev–Trinajstić information content (AvgIpc) is 2.18. The zero-order valence-electron chi connectivity index (χ0n) is 8.61. The van der Waals surface area contributed by atoms with Crippen molar-refractivity contribution in [1.82, 2.24) is 15.5 Å². The number of hydrogen-bond acceptors (Lipinski definition) is 3. The molecule has 76 valence electrons. The lowest BCUT2D eigenvalue weighted by Gasteiger charge is -2.29. The van der Waals surface area contributed by atoms with Crippen LogP contribution in [0.5, 0.6) is 0 Å². The quantitative estimate of drug-likeness (QED) is 0.790. The highest BCUT2D eigenvalue weighted by molar-refractivity contribution is 5.11. The van der Waals surface area contributed by atoms with Gasteiger partial charge in [0.05, 0.1) is 6.20 Å². The lowest BCUT2D eigenvalue weighted by Crippen LogP contribution is -2.23. The van der Waals surface area contributed by atoms with E-state index in [2.05, 4.69) is 15.5 Å². The second-order valence-electron chi connectivity index (χ2n) is 4.05. The highest BCUT2D eigenvalue weighted by atomic mass is 15.1. The van der Waals surface area contributed by atoms with E-state index >= 15 is 0 Å². The Morgan fingerprint density at radius 2 is 2.36 bits per heavy atom. The van der Waals surface area contributed by atoms with E-state index in [1.54, 1.807) is 6.20 Å². The van der Waals surface area contributed by atoms with Crippen LogP contribution in [0.1, 0.15) is 37.3 Å². The molecule has 0 aliphatic heterocycles. The van der Waals surface area contributed by atoms with Gasteiger partial charge in [-0.1, -0.05) is 19.3 Å². The monoisotopic (exact) mass is 191 g/mol. The van der Waals surface area contributed by atoms with E-state index in [1.807, 2.05) is 19.3 Å². The van der Waals surface area contributed by atoms with Crippen molar-refractivity contribution >= 4 is 0 Å². The van der Waals surface area contributed by atoms with Crippen molar-refractivity contribution < 1.29 is 0 Å². The molecular formula is C11H17N3. The molecule has 0 saturated heterocycles. The summed E-state index contributed by atoms with van der Waals surface area (Å²) in [5, 5.41) is 11.1. The minimum absolute atomic E-state index is 0.454. The van der Waals surface area contributed by atoms with Gasteiger partial charge in [0.25, 0.3) is 0 Å². The summed E-state index contributed by atoms with van der Waals surface area (Å²) in [6.07, 6.45) is 9.07. The minimum Gasteiger partial charge on any atom is -0.313 e. The topological polar surface area (TPSA) is 37.8 Å². The highest BCUT2D eigenvalue weighted by Crippen LogP contribution is 2.34. The molecule has 1 saturated carbocycles. The van der Waals surface area contributed by atoms with Crippen molar-refractivity contribution in [1.29, 1.82) is 0 Å². The normalized spacial score (nSPS) is 18.9. The van der Waals surface area contributed by atoms with Gasteiger partial charge >= 0.3 is 0 Å². The summed E-state index contributed by atoms with van der Waals surface area (Å²) in [6, 6.07) is 2.50. The van der Waals surface area contributed by atoms with Crippen LogP contribution in [0.25, 0.3) is 0 Å². The maximum Gasteiger partial charge on any atom is 0.0544 e. The Labute approximate surface area is 84.9 Å². The lowest BCUT2D eigenvalue weighted by molar-refractivity contribution is 0.265. The van der Waals surface area contributed by atoms with Gasteiger partial charge in [-0.25, -0.2) is 0 Å². The fraction of sp³-hybridized carbons (Fsp3) is 0.636. The van der Waals surface area contributed by atoms with Gasteiger partial charge in [0.2, 0.25) is 0 Å². The first-order valence-corrected chi connectivity index (χ1v) is 5.34. The number of nitrogens with zero attached hydrogens (tertiary/aromatic N) is 2. The number of aromatic nitrogens is 2. The van der Waals surface area contributed by atoms with Crippen LogP contribution >= 0.6 is 0 Å². The minimum atomic E-state index is 0.454. The molecule has 1 aliphatic carbocycles. The Morgan fingerprint density at radius 1 is 1.50 bits per heavy atom. The second-order valence-corrected chi connectivity index (χ2v) is 4.05. The van der Waals surface area contributed by atoms with Gasteiger partial charge in [-0.15, -0.1) is 0 Å². The Hall–Kier alpha value is -0.960. The van der Waals surface area contributed by atoms with E-state index in [0.29, 0.717) is 6.04 Å². The predicted octanol–water partition coefficient (Wildman–Crippen LogP) is 1.93. The molecule has 1 aliphatic rings. The summed E-state index contributed by atoms with van der Waals surface area (Å²) in [5.41, 5.74) is 1.26. The molecule has 1 unspecified atom stereocenters. The van der Waals surface area contributed by atoms with Crippen molar-refractivity contribution in [3.63, 3.8) is 0 Å². The first-order chi connectivity index (χ1) is 6.90. The number of hydrogen-bond donors (Lipinski definition) is 1. The van der Waals surface area contributed by atoms with Crippen LogP contribution in [0.15, 0.2) is 18.5 Å². The number of nitrogens with one attached hydrogen (secondary N) is 1. The molecule has 1 heterocycles. The van der Waals surface area contributed by atoms with Crippen LogP contribution in [-0.2, 0) is 0 Å². The summed E-state index contributed by atoms with van der Waals surface area (Å²) in [4.78, 5) is 0. The fourth-order valence-corrected chi connectivity index (χ4v) is 1.99. The van der Waals surface area contributed by atoms with Crippen LogP contribution < -0.4 is 5.32 Å². The van der Waals surface area contributed by atoms with Crippen molar-refractivity contribution in [2.75, 3.05) is 7.05 Å². The molecule has 0 aromatic carbocycles. The summed E-state index contributed by atoms with van der Waals surface area (Å²) >= 11 is 0. The van der Waals surface area contributed by atoms with Crippen LogP contribution in [-0.4, -0.2) is 17.2 Å². The van der Waals surface area contributed by atoms with Gasteiger partial charge < -0.3 is 5.32 Å². The van der Waals surface area contributed by atoms with E-state index < -0.39 is 0 Å². The summed E-state index contributed by atoms with van der Waals surface area (Å²) in [5.74, 6) is 0.917. The van der Waals surface area contributed by atoms with E-state index in [1.165, 1.54) is 31.2 Å². The Balaban J connectivity index is 1.98. The Morgan fingerprint density at radius 3 is 2.86 bits per heavy atom.